The monoisotopic (exact) mass is 372 g/mol. The van der Waals surface area contributed by atoms with Gasteiger partial charge in [-0.3, -0.25) is 4.79 Å². The number of hydrogen-bond acceptors (Lipinski definition) is 2. The molecule has 0 fully saturated rings. The maximum atomic E-state index is 12.9. The van der Waals surface area contributed by atoms with E-state index in [0.29, 0.717) is 12.3 Å². The molecule has 0 atom stereocenters. The summed E-state index contributed by atoms with van der Waals surface area (Å²) in [7, 11) is 2.15. The number of rotatable bonds is 5. The summed E-state index contributed by atoms with van der Waals surface area (Å²) in [6, 6.07) is 14.4. The van der Waals surface area contributed by atoms with Crippen LogP contribution in [0.4, 0.5) is 0 Å². The average molecular weight is 373 g/mol. The average Bonchev–Trinajstić information content (AvgIpc) is 3.12. The number of aromatic amines is 1. The van der Waals surface area contributed by atoms with Crippen LogP contribution in [0.15, 0.2) is 54.7 Å². The first-order valence-corrected chi connectivity index (χ1v) is 10.1. The zero-order chi connectivity index (χ0) is 19.7. The zero-order valence-corrected chi connectivity index (χ0v) is 17.0. The Morgan fingerprint density at radius 2 is 2.04 bits per heavy atom. The third kappa shape index (κ3) is 3.81. The van der Waals surface area contributed by atoms with Gasteiger partial charge in [0.05, 0.1) is 0 Å². The molecule has 0 spiro atoms. The fourth-order valence-electron chi connectivity index (χ4n) is 3.92. The molecule has 144 valence electrons. The standard InChI is InChI=1S/C25H28N2O/c1-17(2)20-5-4-6-21(15-20)25(28)14-18-7-8-24-22(13-18)23(16-26-24)19-9-11-27(3)12-10-19/h4-9,13,15-17,26H,10-12,14H2,1-3H3. The second-order valence-corrected chi connectivity index (χ2v) is 8.20. The third-order valence-corrected chi connectivity index (χ3v) is 5.74. The fourth-order valence-corrected chi connectivity index (χ4v) is 3.92. The lowest BCUT2D eigenvalue weighted by atomic mass is 9.95. The number of Topliss-reactive ketones (excluding diaryl/α,β-unsaturated/α-hetero) is 1. The molecule has 28 heavy (non-hydrogen) atoms. The van der Waals surface area contributed by atoms with Gasteiger partial charge in [-0.05, 0) is 54.3 Å². The molecule has 0 saturated carbocycles. The van der Waals surface area contributed by atoms with Crippen LogP contribution in [0.2, 0.25) is 0 Å². The molecule has 1 aliphatic heterocycles. The molecule has 0 unspecified atom stereocenters. The molecule has 0 radical (unpaired) electrons. The highest BCUT2D eigenvalue weighted by molar-refractivity contribution is 5.99. The molecule has 0 bridgehead atoms. The number of hydrogen-bond donors (Lipinski definition) is 1. The minimum atomic E-state index is 0.178. The molecule has 1 aromatic heterocycles. The van der Waals surface area contributed by atoms with Crippen molar-refractivity contribution in [3.05, 3.63) is 77.0 Å². The van der Waals surface area contributed by atoms with E-state index in [2.05, 4.69) is 67.3 Å². The van der Waals surface area contributed by atoms with Crippen LogP contribution in [0.3, 0.4) is 0 Å². The molecular weight excluding hydrogens is 344 g/mol. The van der Waals surface area contributed by atoms with Gasteiger partial charge in [0.1, 0.15) is 0 Å². The predicted octanol–water partition coefficient (Wildman–Crippen LogP) is 5.44. The van der Waals surface area contributed by atoms with E-state index in [0.717, 1.165) is 36.2 Å². The van der Waals surface area contributed by atoms with Crippen LogP contribution in [-0.4, -0.2) is 35.8 Å². The molecule has 0 amide bonds. The first kappa shape index (κ1) is 18.7. The van der Waals surface area contributed by atoms with E-state index in [9.17, 15) is 4.79 Å². The molecule has 2 heterocycles. The summed E-state index contributed by atoms with van der Waals surface area (Å²) in [6.07, 6.45) is 5.93. The van der Waals surface area contributed by atoms with E-state index in [-0.39, 0.29) is 5.78 Å². The largest absolute Gasteiger partial charge is 0.361 e. The minimum Gasteiger partial charge on any atom is -0.361 e. The molecule has 3 nitrogen and oxygen atoms in total. The van der Waals surface area contributed by atoms with Crippen molar-refractivity contribution < 1.29 is 4.79 Å². The number of nitrogens with one attached hydrogen (secondary N) is 1. The lowest BCUT2D eigenvalue weighted by molar-refractivity contribution is 0.0993. The van der Waals surface area contributed by atoms with Gasteiger partial charge in [0, 0.05) is 47.7 Å². The Hall–Kier alpha value is -2.65. The van der Waals surface area contributed by atoms with Crippen molar-refractivity contribution in [3.63, 3.8) is 0 Å². The van der Waals surface area contributed by atoms with E-state index in [4.69, 9.17) is 0 Å². The predicted molar refractivity (Wildman–Crippen MR) is 117 cm³/mol. The summed E-state index contributed by atoms with van der Waals surface area (Å²) in [5, 5.41) is 1.22. The number of benzene rings is 2. The molecular formula is C25H28N2O. The van der Waals surface area contributed by atoms with E-state index in [1.54, 1.807) is 0 Å². The van der Waals surface area contributed by atoms with Crippen LogP contribution in [-0.2, 0) is 6.42 Å². The van der Waals surface area contributed by atoms with Gasteiger partial charge < -0.3 is 9.88 Å². The van der Waals surface area contributed by atoms with Crippen LogP contribution < -0.4 is 0 Å². The first-order chi connectivity index (χ1) is 13.5. The Bertz CT molecular complexity index is 1040. The highest BCUT2D eigenvalue weighted by Crippen LogP contribution is 2.30. The van der Waals surface area contributed by atoms with Crippen molar-refractivity contribution in [2.75, 3.05) is 20.1 Å². The van der Waals surface area contributed by atoms with Crippen molar-refractivity contribution >= 4 is 22.3 Å². The van der Waals surface area contributed by atoms with Crippen LogP contribution >= 0.6 is 0 Å². The van der Waals surface area contributed by atoms with Crippen LogP contribution in [0.1, 0.15) is 53.2 Å². The lowest BCUT2D eigenvalue weighted by Gasteiger charge is -2.21. The van der Waals surface area contributed by atoms with Crippen LogP contribution in [0.25, 0.3) is 16.5 Å². The second kappa shape index (κ2) is 7.76. The Kier molecular flexibility index (Phi) is 5.19. The van der Waals surface area contributed by atoms with Crippen LogP contribution in [0.5, 0.6) is 0 Å². The first-order valence-electron chi connectivity index (χ1n) is 10.1. The van der Waals surface area contributed by atoms with Gasteiger partial charge in [-0.15, -0.1) is 0 Å². The maximum Gasteiger partial charge on any atom is 0.167 e. The van der Waals surface area contributed by atoms with Crippen LogP contribution in [0, 0.1) is 0 Å². The van der Waals surface area contributed by atoms with Crippen molar-refractivity contribution in [3.8, 4) is 0 Å². The zero-order valence-electron chi connectivity index (χ0n) is 17.0. The number of carbonyl (C=O) groups excluding carboxylic acids is 1. The second-order valence-electron chi connectivity index (χ2n) is 8.20. The van der Waals surface area contributed by atoms with Crippen molar-refractivity contribution in [2.45, 2.75) is 32.6 Å². The minimum absolute atomic E-state index is 0.178. The molecule has 1 aliphatic rings. The Morgan fingerprint density at radius 1 is 1.18 bits per heavy atom. The SMILES string of the molecule is CC(C)c1cccc(C(=O)Cc2ccc3[nH]cc(C4=CCN(C)CC4)c3c2)c1. The molecule has 3 aromatic rings. The highest BCUT2D eigenvalue weighted by Gasteiger charge is 2.15. The van der Waals surface area contributed by atoms with Crippen molar-refractivity contribution in [1.29, 1.82) is 0 Å². The molecule has 0 aliphatic carbocycles. The summed E-state index contributed by atoms with van der Waals surface area (Å²) >= 11 is 0. The third-order valence-electron chi connectivity index (χ3n) is 5.74. The summed E-state index contributed by atoms with van der Waals surface area (Å²) in [5.74, 6) is 0.603. The summed E-state index contributed by atoms with van der Waals surface area (Å²) in [5.41, 5.74) is 6.90. The highest BCUT2D eigenvalue weighted by atomic mass is 16.1. The van der Waals surface area contributed by atoms with E-state index >= 15 is 0 Å². The number of fused-ring (bicyclic) bond motifs is 1. The Morgan fingerprint density at radius 3 is 2.79 bits per heavy atom. The van der Waals surface area contributed by atoms with Gasteiger partial charge in [0.25, 0.3) is 0 Å². The number of aromatic nitrogens is 1. The molecule has 2 aromatic carbocycles. The molecule has 3 heteroatoms. The van der Waals surface area contributed by atoms with Gasteiger partial charge in [-0.1, -0.05) is 44.2 Å². The summed E-state index contributed by atoms with van der Waals surface area (Å²) in [6.45, 7) is 6.39. The van der Waals surface area contributed by atoms with Crippen molar-refractivity contribution in [2.24, 2.45) is 0 Å². The molecule has 0 saturated heterocycles. The topological polar surface area (TPSA) is 36.1 Å². The van der Waals surface area contributed by atoms with E-state index < -0.39 is 0 Å². The normalized spacial score (nSPS) is 15.2. The number of carbonyl (C=O) groups is 1. The van der Waals surface area contributed by atoms with Gasteiger partial charge in [0.2, 0.25) is 0 Å². The number of H-pyrrole nitrogens is 1. The molecule has 4 rings (SSSR count). The summed E-state index contributed by atoms with van der Waals surface area (Å²) < 4.78 is 0. The summed E-state index contributed by atoms with van der Waals surface area (Å²) in [4.78, 5) is 18.6. The number of likely N-dealkylation sites (N-methyl/N-ethyl adjacent to an activating group) is 1. The van der Waals surface area contributed by atoms with E-state index in [1.165, 1.54) is 22.1 Å². The van der Waals surface area contributed by atoms with E-state index in [1.807, 2.05) is 18.2 Å². The maximum absolute atomic E-state index is 12.9. The van der Waals surface area contributed by atoms with Gasteiger partial charge >= 0.3 is 0 Å². The smallest absolute Gasteiger partial charge is 0.167 e. The van der Waals surface area contributed by atoms with Gasteiger partial charge in [-0.25, -0.2) is 0 Å². The fraction of sp³-hybridized carbons (Fsp3) is 0.320. The van der Waals surface area contributed by atoms with Crippen molar-refractivity contribution in [1.82, 2.24) is 9.88 Å². The number of nitrogens with zero attached hydrogens (tertiary/aromatic N) is 1. The number of ketones is 1. The van der Waals surface area contributed by atoms with Gasteiger partial charge in [0.15, 0.2) is 5.78 Å². The Labute approximate surface area is 167 Å². The quantitative estimate of drug-likeness (QED) is 0.606. The molecule has 1 N–H and O–H groups in total. The Balaban J connectivity index is 1.60. The van der Waals surface area contributed by atoms with Gasteiger partial charge in [-0.2, -0.15) is 0 Å². The lowest BCUT2D eigenvalue weighted by Crippen LogP contribution is -2.23.